The number of hydrogen-bond acceptors (Lipinski definition) is 5. The molecule has 0 aliphatic carbocycles. The van der Waals surface area contributed by atoms with Crippen LogP contribution in [0.4, 0.5) is 4.79 Å². The van der Waals surface area contributed by atoms with E-state index in [1.54, 1.807) is 6.20 Å². The minimum atomic E-state index is -3.46. The van der Waals surface area contributed by atoms with Gasteiger partial charge < -0.3 is 15.1 Å². The van der Waals surface area contributed by atoms with Gasteiger partial charge in [0.25, 0.3) is 0 Å². The summed E-state index contributed by atoms with van der Waals surface area (Å²) in [7, 11) is -4.97. The quantitative estimate of drug-likeness (QED) is 0.401. The van der Waals surface area contributed by atoms with Crippen LogP contribution in [0.3, 0.4) is 0 Å². The number of aromatic nitrogens is 1. The Hall–Kier alpha value is -2.37. The maximum atomic E-state index is 13.8. The molecule has 2 fully saturated rings. The van der Waals surface area contributed by atoms with Crippen LogP contribution in [0.2, 0.25) is 25.7 Å². The van der Waals surface area contributed by atoms with Gasteiger partial charge in [-0.3, -0.25) is 9.69 Å². The molecule has 1 atom stereocenters. The molecule has 0 bridgehead atoms. The Morgan fingerprint density at radius 2 is 1.64 bits per heavy atom. The third-order valence-corrected chi connectivity index (χ3v) is 12.3. The van der Waals surface area contributed by atoms with Gasteiger partial charge in [0.15, 0.2) is 0 Å². The fourth-order valence-corrected chi connectivity index (χ4v) is 10.2. The van der Waals surface area contributed by atoms with Crippen molar-refractivity contribution in [3.63, 3.8) is 0 Å². The number of urea groups is 1. The van der Waals surface area contributed by atoms with E-state index in [-0.39, 0.29) is 17.7 Å². The lowest BCUT2D eigenvalue weighted by atomic mass is 9.99. The summed E-state index contributed by atoms with van der Waals surface area (Å²) in [5.74, 6) is 1.26. The lowest BCUT2D eigenvalue weighted by Gasteiger charge is -2.38. The van der Waals surface area contributed by atoms with Gasteiger partial charge in [-0.1, -0.05) is 46.5 Å². The predicted octanol–water partition coefficient (Wildman–Crippen LogP) is 4.31. The summed E-state index contributed by atoms with van der Waals surface area (Å²) in [6, 6.07) is 7.34. The summed E-state index contributed by atoms with van der Waals surface area (Å²) in [5, 5.41) is 3.90. The Morgan fingerprint density at radius 3 is 2.26 bits per heavy atom. The molecule has 9 nitrogen and oxygen atoms in total. The average molecular weight is 618 g/mol. The van der Waals surface area contributed by atoms with E-state index in [9.17, 15) is 18.0 Å². The summed E-state index contributed by atoms with van der Waals surface area (Å²) in [5.41, 5.74) is 1.54. The summed E-state index contributed by atoms with van der Waals surface area (Å²) in [4.78, 5) is 33.3. The molecular weight excluding hydrogens is 567 g/mol. The largest absolute Gasteiger partial charge is 0.338 e. The molecule has 2 aromatic rings. The van der Waals surface area contributed by atoms with E-state index in [1.807, 2.05) is 34.1 Å². The zero-order chi connectivity index (χ0) is 30.7. The van der Waals surface area contributed by atoms with E-state index in [4.69, 9.17) is 0 Å². The van der Waals surface area contributed by atoms with Crippen LogP contribution in [-0.4, -0.2) is 105 Å². The molecule has 1 aromatic heterocycles. The zero-order valence-electron chi connectivity index (χ0n) is 26.4. The molecule has 234 valence electrons. The third kappa shape index (κ3) is 8.60. The molecule has 0 saturated carbocycles. The van der Waals surface area contributed by atoms with Gasteiger partial charge >= 0.3 is 6.03 Å². The van der Waals surface area contributed by atoms with E-state index in [0.717, 1.165) is 43.4 Å². The second-order valence-electron chi connectivity index (χ2n) is 14.0. The first-order valence-corrected chi connectivity index (χ1v) is 20.9. The second-order valence-corrected chi connectivity index (χ2v) is 21.6. The van der Waals surface area contributed by atoms with Gasteiger partial charge in [-0.2, -0.15) is 0 Å². The molecule has 42 heavy (non-hydrogen) atoms. The molecule has 1 N–H and O–H groups in total. The number of carbonyl (C=O) groups excluding carboxylic acids is 2. The Morgan fingerprint density at radius 1 is 0.976 bits per heavy atom. The normalized spacial score (nSPS) is 18.5. The number of rotatable bonds is 10. The Bertz CT molecular complexity index is 1340. The van der Waals surface area contributed by atoms with Crippen molar-refractivity contribution in [2.45, 2.75) is 71.8 Å². The minimum Gasteiger partial charge on any atom is -0.338 e. The maximum Gasteiger partial charge on any atom is 0.318 e. The van der Waals surface area contributed by atoms with Crippen LogP contribution >= 0.6 is 0 Å². The number of nitrogens with one attached hydrogen (secondary N) is 1. The summed E-state index contributed by atoms with van der Waals surface area (Å²) in [6.07, 6.45) is 3.92. The lowest BCUT2D eigenvalue weighted by Crippen LogP contribution is -2.57. The monoisotopic (exact) mass is 617 g/mol. The summed E-state index contributed by atoms with van der Waals surface area (Å²) >= 11 is 0. The molecule has 1 unspecified atom stereocenters. The molecule has 11 heteroatoms. The first-order chi connectivity index (χ1) is 19.7. The van der Waals surface area contributed by atoms with Crippen molar-refractivity contribution in [2.75, 3.05) is 51.6 Å². The van der Waals surface area contributed by atoms with Crippen LogP contribution in [0.5, 0.6) is 0 Å². The van der Waals surface area contributed by atoms with Crippen molar-refractivity contribution < 1.29 is 18.0 Å². The SMILES string of the molecule is CC(C)CN1CCN(C(=O)C(Cc2ccc3c(ccn3S(=O)(=O)CC[Si](C)(C)C)c2)NC(=O)N2CCC(C)CC2)CC1. The van der Waals surface area contributed by atoms with Gasteiger partial charge in [-0.15, -0.1) is 0 Å². The van der Waals surface area contributed by atoms with Gasteiger partial charge in [0, 0.05) is 71.9 Å². The highest BCUT2D eigenvalue weighted by Gasteiger charge is 2.31. The average Bonchev–Trinajstić information content (AvgIpc) is 3.36. The lowest BCUT2D eigenvalue weighted by molar-refractivity contribution is -0.135. The van der Waals surface area contributed by atoms with Crippen LogP contribution in [0.1, 0.15) is 39.2 Å². The second kappa shape index (κ2) is 13.5. The van der Waals surface area contributed by atoms with E-state index in [2.05, 4.69) is 50.6 Å². The molecule has 1 aromatic carbocycles. The van der Waals surface area contributed by atoms with E-state index >= 15 is 0 Å². The van der Waals surface area contributed by atoms with Crippen molar-refractivity contribution >= 4 is 40.9 Å². The van der Waals surface area contributed by atoms with Crippen molar-refractivity contribution in [1.29, 1.82) is 0 Å². The summed E-state index contributed by atoms with van der Waals surface area (Å²) < 4.78 is 27.7. The topological polar surface area (TPSA) is 95.0 Å². The van der Waals surface area contributed by atoms with E-state index in [0.29, 0.717) is 56.0 Å². The Labute approximate surface area is 253 Å². The number of nitrogens with zero attached hydrogens (tertiary/aromatic N) is 4. The molecule has 4 rings (SSSR count). The number of amides is 3. The van der Waals surface area contributed by atoms with E-state index < -0.39 is 24.1 Å². The first kappa shape index (κ1) is 32.5. The van der Waals surface area contributed by atoms with Gasteiger partial charge in [-0.05, 0) is 54.5 Å². The smallest absolute Gasteiger partial charge is 0.318 e. The number of carbonyl (C=O) groups is 2. The van der Waals surface area contributed by atoms with Gasteiger partial charge in [-0.25, -0.2) is 17.2 Å². The van der Waals surface area contributed by atoms with Gasteiger partial charge in [0.2, 0.25) is 15.9 Å². The van der Waals surface area contributed by atoms with Crippen LogP contribution in [-0.2, 0) is 21.2 Å². The maximum absolute atomic E-state index is 13.8. The molecule has 0 spiro atoms. The van der Waals surface area contributed by atoms with Crippen LogP contribution in [0.15, 0.2) is 30.5 Å². The number of likely N-dealkylation sites (tertiary alicyclic amines) is 1. The number of piperazine rings is 1. The van der Waals surface area contributed by atoms with Gasteiger partial charge in [0.1, 0.15) is 6.04 Å². The molecule has 0 radical (unpaired) electrons. The minimum absolute atomic E-state index is 0.0514. The van der Waals surface area contributed by atoms with Crippen molar-refractivity contribution in [2.24, 2.45) is 11.8 Å². The number of piperidine rings is 1. The highest BCUT2D eigenvalue weighted by atomic mass is 32.2. The third-order valence-electron chi connectivity index (χ3n) is 8.54. The van der Waals surface area contributed by atoms with Crippen molar-refractivity contribution in [3.05, 3.63) is 36.0 Å². The summed E-state index contributed by atoms with van der Waals surface area (Å²) in [6.45, 7) is 18.5. The molecular formula is C31H51N5O4SSi. The highest BCUT2D eigenvalue weighted by molar-refractivity contribution is 7.90. The van der Waals surface area contributed by atoms with Crippen molar-refractivity contribution in [1.82, 2.24) is 24.0 Å². The Balaban J connectivity index is 1.51. The number of benzene rings is 1. The van der Waals surface area contributed by atoms with Crippen LogP contribution < -0.4 is 5.32 Å². The van der Waals surface area contributed by atoms with Crippen LogP contribution in [0, 0.1) is 11.8 Å². The van der Waals surface area contributed by atoms with E-state index in [1.165, 1.54) is 3.97 Å². The number of fused-ring (bicyclic) bond motifs is 1. The van der Waals surface area contributed by atoms with Crippen molar-refractivity contribution in [3.8, 4) is 0 Å². The Kier molecular flexibility index (Phi) is 10.5. The fraction of sp³-hybridized carbons (Fsp3) is 0.677. The zero-order valence-corrected chi connectivity index (χ0v) is 28.3. The molecule has 3 amide bonds. The standard InChI is InChI=1S/C31H51N5O4SSi/c1-24(2)23-33-15-17-34(18-16-33)30(37)28(32-31(38)35-12-9-25(3)10-13-35)22-26-7-8-29-27(21-26)11-14-36(29)41(39,40)19-20-42(4,5)6/h7-8,11,14,21,24-25,28H,9-10,12-13,15-20,22-23H2,1-6H3,(H,32,38). The van der Waals surface area contributed by atoms with Crippen LogP contribution in [0.25, 0.3) is 10.9 Å². The molecule has 3 heterocycles. The first-order valence-electron chi connectivity index (χ1n) is 15.6. The van der Waals surface area contributed by atoms with Gasteiger partial charge in [0.05, 0.1) is 11.3 Å². The molecule has 2 saturated heterocycles. The molecule has 2 aliphatic rings. The number of hydrogen-bond donors (Lipinski definition) is 1. The molecule has 2 aliphatic heterocycles. The fourth-order valence-electron chi connectivity index (χ4n) is 5.84. The predicted molar refractivity (Wildman–Crippen MR) is 173 cm³/mol. The highest BCUT2D eigenvalue weighted by Crippen LogP contribution is 2.23.